The molecule has 5 nitrogen and oxygen atoms in total. The van der Waals surface area contributed by atoms with Crippen molar-refractivity contribution in [1.82, 2.24) is 20.1 Å². The highest BCUT2D eigenvalue weighted by Crippen LogP contribution is 2.16. The molecule has 2 aromatic heterocycles. The van der Waals surface area contributed by atoms with Crippen molar-refractivity contribution in [3.05, 3.63) is 45.4 Å². The second-order valence-electron chi connectivity index (χ2n) is 5.27. The smallest absolute Gasteiger partial charge is 0.253 e. The summed E-state index contributed by atoms with van der Waals surface area (Å²) in [4.78, 5) is 16.8. The van der Waals surface area contributed by atoms with Crippen molar-refractivity contribution in [1.29, 1.82) is 0 Å². The number of carbonyl (C=O) groups is 1. The number of rotatable bonds is 4. The Hall–Kier alpha value is -1.69. The Morgan fingerprint density at radius 1 is 1.43 bits per heavy atom. The van der Waals surface area contributed by atoms with Crippen LogP contribution >= 0.6 is 15.9 Å². The number of pyridine rings is 1. The minimum atomic E-state index is -0.122. The van der Waals surface area contributed by atoms with Crippen LogP contribution in [-0.2, 0) is 13.6 Å². The van der Waals surface area contributed by atoms with E-state index in [2.05, 4.69) is 45.2 Å². The van der Waals surface area contributed by atoms with Crippen LogP contribution in [0, 0.1) is 6.92 Å². The highest BCUT2D eigenvalue weighted by atomic mass is 79.9. The van der Waals surface area contributed by atoms with Gasteiger partial charge in [0.25, 0.3) is 5.91 Å². The van der Waals surface area contributed by atoms with E-state index in [1.54, 1.807) is 10.9 Å². The van der Waals surface area contributed by atoms with Crippen molar-refractivity contribution in [3.8, 4) is 0 Å². The normalized spacial score (nSPS) is 11.0. The summed E-state index contributed by atoms with van der Waals surface area (Å²) in [6, 6.07) is 3.75. The van der Waals surface area contributed by atoms with E-state index in [0.717, 1.165) is 21.6 Å². The van der Waals surface area contributed by atoms with Crippen molar-refractivity contribution < 1.29 is 4.79 Å². The summed E-state index contributed by atoms with van der Waals surface area (Å²) in [6.45, 7) is 6.45. The van der Waals surface area contributed by atoms with Gasteiger partial charge in [0, 0.05) is 12.7 Å². The number of hydrogen-bond donors (Lipinski definition) is 1. The second kappa shape index (κ2) is 6.39. The predicted octanol–water partition coefficient (Wildman–Crippen LogP) is 2.94. The Balaban J connectivity index is 2.11. The standard InChI is InChI=1S/C15H19BrN4O/c1-9(2)13-6-5-11(10(3)19-13)15(21)17-8-14-12(16)7-18-20(14)4/h5-7,9H,8H2,1-4H3,(H,17,21). The average molecular weight is 351 g/mol. The van der Waals surface area contributed by atoms with Crippen molar-refractivity contribution in [2.45, 2.75) is 33.2 Å². The molecule has 2 rings (SSSR count). The number of nitrogens with zero attached hydrogens (tertiary/aromatic N) is 3. The van der Waals surface area contributed by atoms with Crippen LogP contribution in [0.3, 0.4) is 0 Å². The van der Waals surface area contributed by atoms with Crippen molar-refractivity contribution in [2.75, 3.05) is 0 Å². The summed E-state index contributed by atoms with van der Waals surface area (Å²) >= 11 is 3.42. The number of aromatic nitrogens is 3. The van der Waals surface area contributed by atoms with E-state index in [1.165, 1.54) is 0 Å². The highest BCUT2D eigenvalue weighted by molar-refractivity contribution is 9.10. The van der Waals surface area contributed by atoms with Gasteiger partial charge >= 0.3 is 0 Å². The molecule has 0 aromatic carbocycles. The van der Waals surface area contributed by atoms with Gasteiger partial charge in [0.1, 0.15) is 0 Å². The summed E-state index contributed by atoms with van der Waals surface area (Å²) in [6.07, 6.45) is 1.71. The molecule has 0 radical (unpaired) electrons. The zero-order valence-corrected chi connectivity index (χ0v) is 14.2. The minimum absolute atomic E-state index is 0.122. The Labute approximate surface area is 132 Å². The third-order valence-electron chi connectivity index (χ3n) is 3.37. The largest absolute Gasteiger partial charge is 0.346 e. The lowest BCUT2D eigenvalue weighted by molar-refractivity contribution is 0.0949. The fraction of sp³-hybridized carbons (Fsp3) is 0.400. The number of carbonyl (C=O) groups excluding carboxylic acids is 1. The first-order chi connectivity index (χ1) is 9.90. The monoisotopic (exact) mass is 350 g/mol. The lowest BCUT2D eigenvalue weighted by Crippen LogP contribution is -2.25. The van der Waals surface area contributed by atoms with Crippen molar-refractivity contribution in [2.24, 2.45) is 7.05 Å². The van der Waals surface area contributed by atoms with Crippen LogP contribution in [0.5, 0.6) is 0 Å². The summed E-state index contributed by atoms with van der Waals surface area (Å²) in [5, 5.41) is 7.02. The maximum atomic E-state index is 12.3. The summed E-state index contributed by atoms with van der Waals surface area (Å²) in [7, 11) is 1.84. The number of aryl methyl sites for hydroxylation is 2. The lowest BCUT2D eigenvalue weighted by Gasteiger charge is -2.11. The third-order valence-corrected chi connectivity index (χ3v) is 4.03. The number of amides is 1. The predicted molar refractivity (Wildman–Crippen MR) is 85.1 cm³/mol. The zero-order chi connectivity index (χ0) is 15.6. The maximum absolute atomic E-state index is 12.3. The molecule has 0 aliphatic carbocycles. The molecule has 2 aromatic rings. The van der Waals surface area contributed by atoms with E-state index >= 15 is 0 Å². The molecule has 0 spiro atoms. The van der Waals surface area contributed by atoms with Gasteiger partial charge in [-0.25, -0.2) is 0 Å². The first kappa shape index (κ1) is 15.7. The molecule has 0 fully saturated rings. The molecule has 112 valence electrons. The van der Waals surface area contributed by atoms with Gasteiger partial charge in [-0.15, -0.1) is 0 Å². The van der Waals surface area contributed by atoms with Gasteiger partial charge in [-0.1, -0.05) is 13.8 Å². The first-order valence-corrected chi connectivity index (χ1v) is 7.61. The quantitative estimate of drug-likeness (QED) is 0.921. The summed E-state index contributed by atoms with van der Waals surface area (Å²) < 4.78 is 2.62. The third kappa shape index (κ3) is 3.50. The number of nitrogens with one attached hydrogen (secondary N) is 1. The van der Waals surface area contributed by atoms with Gasteiger partial charge in [-0.05, 0) is 40.9 Å². The molecular weight excluding hydrogens is 332 g/mol. The fourth-order valence-corrected chi connectivity index (χ4v) is 2.52. The Kier molecular flexibility index (Phi) is 4.77. The van der Waals surface area contributed by atoms with Gasteiger partial charge in [-0.3, -0.25) is 14.5 Å². The summed E-state index contributed by atoms with van der Waals surface area (Å²) in [5.74, 6) is 0.231. The van der Waals surface area contributed by atoms with E-state index in [0.29, 0.717) is 18.0 Å². The molecule has 1 amide bonds. The topological polar surface area (TPSA) is 59.8 Å². The minimum Gasteiger partial charge on any atom is -0.346 e. The molecule has 0 saturated heterocycles. The van der Waals surface area contributed by atoms with Gasteiger partial charge in [-0.2, -0.15) is 5.10 Å². The van der Waals surface area contributed by atoms with Crippen molar-refractivity contribution >= 4 is 21.8 Å². The molecule has 0 unspecified atom stereocenters. The molecule has 0 saturated carbocycles. The molecule has 6 heteroatoms. The van der Waals surface area contributed by atoms with Crippen LogP contribution in [0.2, 0.25) is 0 Å². The van der Waals surface area contributed by atoms with E-state index in [1.807, 2.05) is 26.1 Å². The van der Waals surface area contributed by atoms with E-state index in [4.69, 9.17) is 0 Å². The molecule has 0 atom stereocenters. The molecule has 1 N–H and O–H groups in total. The van der Waals surface area contributed by atoms with Crippen molar-refractivity contribution in [3.63, 3.8) is 0 Å². The van der Waals surface area contributed by atoms with E-state index in [9.17, 15) is 4.79 Å². The zero-order valence-electron chi connectivity index (χ0n) is 12.6. The summed E-state index contributed by atoms with van der Waals surface area (Å²) in [5.41, 5.74) is 3.28. The molecule has 21 heavy (non-hydrogen) atoms. The van der Waals surface area contributed by atoms with Gasteiger partial charge in [0.2, 0.25) is 0 Å². The fourth-order valence-electron chi connectivity index (χ4n) is 2.04. The molecule has 0 aliphatic heterocycles. The average Bonchev–Trinajstić information content (AvgIpc) is 2.75. The SMILES string of the molecule is Cc1nc(C(C)C)ccc1C(=O)NCc1c(Br)cnn1C. The van der Waals surface area contributed by atoms with Crippen LogP contribution in [0.25, 0.3) is 0 Å². The highest BCUT2D eigenvalue weighted by Gasteiger charge is 2.13. The second-order valence-corrected chi connectivity index (χ2v) is 6.12. The number of halogens is 1. The molecular formula is C15H19BrN4O. The van der Waals surface area contributed by atoms with Gasteiger partial charge < -0.3 is 5.32 Å². The van der Waals surface area contributed by atoms with Gasteiger partial charge in [0.05, 0.1) is 34.2 Å². The van der Waals surface area contributed by atoms with Crippen LogP contribution in [-0.4, -0.2) is 20.7 Å². The lowest BCUT2D eigenvalue weighted by atomic mass is 10.1. The Morgan fingerprint density at radius 3 is 2.67 bits per heavy atom. The van der Waals surface area contributed by atoms with E-state index < -0.39 is 0 Å². The van der Waals surface area contributed by atoms with Crippen LogP contribution in [0.15, 0.2) is 22.8 Å². The Bertz CT molecular complexity index is 644. The molecule has 0 aliphatic rings. The first-order valence-electron chi connectivity index (χ1n) is 6.82. The molecule has 2 heterocycles. The van der Waals surface area contributed by atoms with Crippen LogP contribution in [0.4, 0.5) is 0 Å². The molecule has 0 bridgehead atoms. The Morgan fingerprint density at radius 2 is 2.14 bits per heavy atom. The van der Waals surface area contributed by atoms with Crippen LogP contribution < -0.4 is 5.32 Å². The number of hydrogen-bond acceptors (Lipinski definition) is 3. The van der Waals surface area contributed by atoms with Crippen LogP contribution in [0.1, 0.15) is 47.2 Å². The van der Waals surface area contributed by atoms with Gasteiger partial charge in [0.15, 0.2) is 0 Å². The van der Waals surface area contributed by atoms with E-state index in [-0.39, 0.29) is 5.91 Å². The maximum Gasteiger partial charge on any atom is 0.253 e.